The summed E-state index contributed by atoms with van der Waals surface area (Å²) < 4.78 is 5.71. The fourth-order valence-electron chi connectivity index (χ4n) is 3.97. The minimum absolute atomic E-state index is 0.106. The van der Waals surface area contributed by atoms with Crippen LogP contribution >= 0.6 is 0 Å². The Kier molecular flexibility index (Phi) is 6.16. The standard InChI is InChI=1S/C30H22N2O4/c1-19-10-12-21(13-11-19)30(35)36-28-15-14-20-6-4-5-9-24(20)26(28)18-31-32-29(34)25-16-22-7-2-3-8-23(22)17-27(25)33/h2-18,33H,1H3,(H,32,34)/b31-18-. The second-order valence-electron chi connectivity index (χ2n) is 8.37. The van der Waals surface area contributed by atoms with E-state index in [0.717, 1.165) is 27.1 Å². The Morgan fingerprint density at radius 3 is 2.25 bits per heavy atom. The highest BCUT2D eigenvalue weighted by Crippen LogP contribution is 2.28. The van der Waals surface area contributed by atoms with E-state index in [2.05, 4.69) is 10.5 Å². The van der Waals surface area contributed by atoms with Gasteiger partial charge in [0.2, 0.25) is 0 Å². The van der Waals surface area contributed by atoms with Crippen molar-refractivity contribution in [1.82, 2.24) is 5.43 Å². The summed E-state index contributed by atoms with van der Waals surface area (Å²) in [5, 5.41) is 17.8. The average Bonchev–Trinajstić information content (AvgIpc) is 2.89. The van der Waals surface area contributed by atoms with E-state index >= 15 is 0 Å². The predicted molar refractivity (Wildman–Crippen MR) is 141 cm³/mol. The number of phenolic OH excluding ortho intramolecular Hbond substituents is 1. The Hall–Kier alpha value is -4.97. The van der Waals surface area contributed by atoms with E-state index in [4.69, 9.17) is 4.74 Å². The molecule has 1 amide bonds. The molecule has 176 valence electrons. The van der Waals surface area contributed by atoms with E-state index in [1.54, 1.807) is 30.3 Å². The third-order valence-electron chi connectivity index (χ3n) is 5.89. The molecule has 2 N–H and O–H groups in total. The summed E-state index contributed by atoms with van der Waals surface area (Å²) in [7, 11) is 0. The minimum atomic E-state index is -0.562. The Bertz CT molecular complexity index is 1640. The lowest BCUT2D eigenvalue weighted by Gasteiger charge is -2.11. The molecular weight excluding hydrogens is 452 g/mol. The van der Waals surface area contributed by atoms with Gasteiger partial charge < -0.3 is 9.84 Å². The van der Waals surface area contributed by atoms with Crippen LogP contribution in [-0.4, -0.2) is 23.2 Å². The van der Waals surface area contributed by atoms with Crippen LogP contribution in [0.1, 0.15) is 31.8 Å². The van der Waals surface area contributed by atoms with E-state index in [-0.39, 0.29) is 11.3 Å². The maximum absolute atomic E-state index is 12.8. The van der Waals surface area contributed by atoms with Gasteiger partial charge in [-0.15, -0.1) is 0 Å². The first kappa shape index (κ1) is 22.8. The largest absolute Gasteiger partial charge is 0.507 e. The Morgan fingerprint density at radius 2 is 1.50 bits per heavy atom. The third kappa shape index (κ3) is 4.65. The number of aryl methyl sites for hydroxylation is 1. The van der Waals surface area contributed by atoms with Gasteiger partial charge in [0, 0.05) is 5.56 Å². The van der Waals surface area contributed by atoms with E-state index < -0.39 is 11.9 Å². The number of phenols is 1. The molecule has 6 nitrogen and oxygen atoms in total. The van der Waals surface area contributed by atoms with Crippen molar-refractivity contribution in [2.75, 3.05) is 0 Å². The van der Waals surface area contributed by atoms with Gasteiger partial charge >= 0.3 is 5.97 Å². The monoisotopic (exact) mass is 474 g/mol. The van der Waals surface area contributed by atoms with Crippen molar-refractivity contribution in [2.24, 2.45) is 5.10 Å². The van der Waals surface area contributed by atoms with Crippen molar-refractivity contribution in [3.05, 3.63) is 119 Å². The number of nitrogens with zero attached hydrogens (tertiary/aromatic N) is 1. The van der Waals surface area contributed by atoms with E-state index in [9.17, 15) is 14.7 Å². The molecule has 0 bridgehead atoms. The molecule has 5 aromatic carbocycles. The molecule has 5 aromatic rings. The lowest BCUT2D eigenvalue weighted by Crippen LogP contribution is -2.18. The Balaban J connectivity index is 1.44. The zero-order valence-corrected chi connectivity index (χ0v) is 19.4. The topological polar surface area (TPSA) is 88.0 Å². The summed E-state index contributed by atoms with van der Waals surface area (Å²) in [5.41, 5.74) is 4.58. The van der Waals surface area contributed by atoms with E-state index in [0.29, 0.717) is 16.9 Å². The molecule has 0 saturated heterocycles. The number of esters is 1. The molecule has 0 fully saturated rings. The molecule has 0 aliphatic rings. The van der Waals surface area contributed by atoms with Gasteiger partial charge in [-0.25, -0.2) is 10.2 Å². The fourth-order valence-corrected chi connectivity index (χ4v) is 3.97. The second kappa shape index (κ2) is 9.72. The average molecular weight is 475 g/mol. The Morgan fingerprint density at radius 1 is 0.833 bits per heavy atom. The highest BCUT2D eigenvalue weighted by atomic mass is 16.5. The van der Waals surface area contributed by atoms with Gasteiger partial charge in [-0.3, -0.25) is 4.79 Å². The van der Waals surface area contributed by atoms with Crippen LogP contribution in [0, 0.1) is 6.92 Å². The van der Waals surface area contributed by atoms with Crippen molar-refractivity contribution in [1.29, 1.82) is 0 Å². The molecule has 0 aliphatic carbocycles. The minimum Gasteiger partial charge on any atom is -0.507 e. The van der Waals surface area contributed by atoms with Gasteiger partial charge in [0.25, 0.3) is 5.91 Å². The zero-order chi connectivity index (χ0) is 25.1. The number of carbonyl (C=O) groups is 2. The van der Waals surface area contributed by atoms with Crippen LogP contribution in [0.5, 0.6) is 11.5 Å². The number of hydrazone groups is 1. The van der Waals surface area contributed by atoms with E-state index in [1.165, 1.54) is 6.21 Å². The maximum Gasteiger partial charge on any atom is 0.343 e. The molecule has 6 heteroatoms. The molecule has 0 atom stereocenters. The van der Waals surface area contributed by atoms with Crippen LogP contribution in [0.15, 0.2) is 102 Å². The quantitative estimate of drug-likeness (QED) is 0.142. The molecule has 0 spiro atoms. The highest BCUT2D eigenvalue weighted by molar-refractivity contribution is 6.05. The maximum atomic E-state index is 12.8. The number of hydrogen-bond acceptors (Lipinski definition) is 5. The van der Waals surface area contributed by atoms with Gasteiger partial charge in [-0.2, -0.15) is 5.10 Å². The van der Waals surface area contributed by atoms with Crippen LogP contribution in [0.2, 0.25) is 0 Å². The van der Waals surface area contributed by atoms with Crippen molar-refractivity contribution in [2.45, 2.75) is 6.92 Å². The Labute approximate surface area is 207 Å². The van der Waals surface area contributed by atoms with Crippen molar-refractivity contribution >= 4 is 39.6 Å². The number of rotatable bonds is 5. The number of nitrogens with one attached hydrogen (secondary N) is 1. The molecule has 0 radical (unpaired) electrons. The predicted octanol–water partition coefficient (Wildman–Crippen LogP) is 5.99. The van der Waals surface area contributed by atoms with Gasteiger partial charge in [0.15, 0.2) is 0 Å². The lowest BCUT2D eigenvalue weighted by atomic mass is 10.0. The summed E-state index contributed by atoms with van der Waals surface area (Å²) in [6.45, 7) is 1.94. The number of benzene rings is 5. The third-order valence-corrected chi connectivity index (χ3v) is 5.89. The van der Waals surface area contributed by atoms with Crippen molar-refractivity contribution < 1.29 is 19.4 Å². The number of carbonyl (C=O) groups excluding carboxylic acids is 2. The summed E-state index contributed by atoms with van der Waals surface area (Å²) in [5.74, 6) is -0.886. The SMILES string of the molecule is Cc1ccc(C(=O)Oc2ccc3ccccc3c2/C=N\NC(=O)c2cc3ccccc3cc2O)cc1. The molecule has 0 heterocycles. The fraction of sp³-hybridized carbons (Fsp3) is 0.0333. The lowest BCUT2D eigenvalue weighted by molar-refractivity contribution is 0.0734. The summed E-state index contributed by atoms with van der Waals surface area (Å²) in [6, 6.07) is 28.9. The number of amides is 1. The van der Waals surface area contributed by atoms with Crippen LogP contribution in [0.3, 0.4) is 0 Å². The smallest absolute Gasteiger partial charge is 0.343 e. The molecule has 0 aromatic heterocycles. The van der Waals surface area contributed by atoms with E-state index in [1.807, 2.05) is 73.7 Å². The number of aromatic hydroxyl groups is 1. The highest BCUT2D eigenvalue weighted by Gasteiger charge is 2.15. The summed E-state index contributed by atoms with van der Waals surface area (Å²) in [4.78, 5) is 25.5. The van der Waals surface area contributed by atoms with Crippen LogP contribution in [0.25, 0.3) is 21.5 Å². The molecule has 0 saturated carbocycles. The second-order valence-corrected chi connectivity index (χ2v) is 8.37. The normalized spacial score (nSPS) is 11.1. The first-order valence-electron chi connectivity index (χ1n) is 11.4. The summed E-state index contributed by atoms with van der Waals surface area (Å²) in [6.07, 6.45) is 1.44. The molecule has 36 heavy (non-hydrogen) atoms. The molecule has 0 aliphatic heterocycles. The number of hydrogen-bond donors (Lipinski definition) is 2. The first-order valence-corrected chi connectivity index (χ1v) is 11.4. The van der Waals surface area contributed by atoms with Gasteiger partial charge in [0.1, 0.15) is 11.5 Å². The summed E-state index contributed by atoms with van der Waals surface area (Å²) >= 11 is 0. The van der Waals surface area contributed by atoms with Crippen LogP contribution < -0.4 is 10.2 Å². The number of fused-ring (bicyclic) bond motifs is 2. The molecule has 0 unspecified atom stereocenters. The van der Waals surface area contributed by atoms with Crippen LogP contribution in [-0.2, 0) is 0 Å². The van der Waals surface area contributed by atoms with Gasteiger partial charge in [0.05, 0.1) is 17.3 Å². The van der Waals surface area contributed by atoms with Gasteiger partial charge in [-0.05, 0) is 58.8 Å². The zero-order valence-electron chi connectivity index (χ0n) is 19.4. The first-order chi connectivity index (χ1) is 17.5. The van der Waals surface area contributed by atoms with Crippen molar-refractivity contribution in [3.8, 4) is 11.5 Å². The number of ether oxygens (including phenoxy) is 1. The van der Waals surface area contributed by atoms with Crippen molar-refractivity contribution in [3.63, 3.8) is 0 Å². The molecule has 5 rings (SSSR count). The van der Waals surface area contributed by atoms with Gasteiger partial charge in [-0.1, -0.05) is 72.3 Å². The molecular formula is C30H22N2O4. The van der Waals surface area contributed by atoms with Crippen LogP contribution in [0.4, 0.5) is 0 Å².